The smallest absolute Gasteiger partial charge is 0.338 e. The van der Waals surface area contributed by atoms with Crippen LogP contribution in [0, 0.1) is 0 Å². The van der Waals surface area contributed by atoms with E-state index in [4.69, 9.17) is 14.5 Å². The highest BCUT2D eigenvalue weighted by Crippen LogP contribution is 2.45. The predicted octanol–water partition coefficient (Wildman–Crippen LogP) is 5.29. The number of ether oxygens (including phenoxy) is 2. The monoisotopic (exact) mass is 489 g/mol. The summed E-state index contributed by atoms with van der Waals surface area (Å²) >= 11 is 1.46. The van der Waals surface area contributed by atoms with Gasteiger partial charge in [-0.1, -0.05) is 42.1 Å². The van der Waals surface area contributed by atoms with Crippen molar-refractivity contribution in [3.8, 4) is 11.5 Å². The number of allylic oxidation sites excluding steroid dienone is 1. The van der Waals surface area contributed by atoms with Gasteiger partial charge in [0.2, 0.25) is 5.91 Å². The van der Waals surface area contributed by atoms with Crippen LogP contribution >= 0.6 is 11.8 Å². The van der Waals surface area contributed by atoms with Crippen molar-refractivity contribution in [2.75, 3.05) is 6.61 Å². The van der Waals surface area contributed by atoms with Crippen molar-refractivity contribution >= 4 is 28.8 Å². The second-order valence-electron chi connectivity index (χ2n) is 8.62. The largest absolute Gasteiger partial charge is 0.463 e. The number of esters is 1. The predicted molar refractivity (Wildman–Crippen MR) is 136 cm³/mol. The molecule has 3 aliphatic rings. The van der Waals surface area contributed by atoms with Gasteiger partial charge in [0.15, 0.2) is 5.17 Å². The van der Waals surface area contributed by atoms with Crippen LogP contribution in [0.25, 0.3) is 0 Å². The standard InChI is InChI=1S/C27H27N3O4S/c1-3-33-26(32)24-17(2)28-27-30(20(16-35-27)15-23(31)29-19-12-13-19)25(24)18-8-7-11-22(14-18)34-21-9-5-4-6-10-21/h4-11,14,16,19,25H,3,12-13,15H2,1-2H3,(H,29,31). The average Bonchev–Trinajstić information content (AvgIpc) is 3.58. The third kappa shape index (κ3) is 5.12. The molecule has 1 N–H and O–H groups in total. The maximum Gasteiger partial charge on any atom is 0.338 e. The van der Waals surface area contributed by atoms with Gasteiger partial charge in [0, 0.05) is 11.7 Å². The number of carbonyl (C=O) groups is 2. The van der Waals surface area contributed by atoms with E-state index in [9.17, 15) is 9.59 Å². The van der Waals surface area contributed by atoms with Crippen molar-refractivity contribution in [3.63, 3.8) is 0 Å². The van der Waals surface area contributed by atoms with E-state index < -0.39 is 12.0 Å². The van der Waals surface area contributed by atoms with Crippen LogP contribution in [-0.2, 0) is 14.3 Å². The van der Waals surface area contributed by atoms with Gasteiger partial charge >= 0.3 is 5.97 Å². The van der Waals surface area contributed by atoms with E-state index in [0.29, 0.717) is 17.0 Å². The molecule has 0 radical (unpaired) electrons. The molecule has 5 rings (SSSR count). The molecule has 0 aromatic heterocycles. The first-order valence-electron chi connectivity index (χ1n) is 11.8. The van der Waals surface area contributed by atoms with Crippen LogP contribution in [-0.4, -0.2) is 34.6 Å². The molecular weight excluding hydrogens is 462 g/mol. The highest BCUT2D eigenvalue weighted by atomic mass is 32.2. The van der Waals surface area contributed by atoms with Gasteiger partial charge in [-0.15, -0.1) is 0 Å². The van der Waals surface area contributed by atoms with E-state index in [1.807, 2.05) is 71.8 Å². The van der Waals surface area contributed by atoms with Crippen LogP contribution in [0.3, 0.4) is 0 Å². The van der Waals surface area contributed by atoms with Crippen LogP contribution in [0.15, 0.2) is 82.0 Å². The number of fused-ring (bicyclic) bond motifs is 1. The van der Waals surface area contributed by atoms with E-state index in [1.165, 1.54) is 11.8 Å². The van der Waals surface area contributed by atoms with Gasteiger partial charge < -0.3 is 19.7 Å². The summed E-state index contributed by atoms with van der Waals surface area (Å²) in [6, 6.07) is 17.0. The molecule has 1 fully saturated rings. The lowest BCUT2D eigenvalue weighted by molar-refractivity contribution is -0.139. The summed E-state index contributed by atoms with van der Waals surface area (Å²) < 4.78 is 11.5. The number of hydrogen-bond acceptors (Lipinski definition) is 7. The minimum atomic E-state index is -0.490. The zero-order chi connectivity index (χ0) is 24.4. The lowest BCUT2D eigenvalue weighted by Crippen LogP contribution is -2.38. The fourth-order valence-electron chi connectivity index (χ4n) is 4.20. The molecule has 1 unspecified atom stereocenters. The first kappa shape index (κ1) is 23.2. The number of hydrogen-bond donors (Lipinski definition) is 1. The van der Waals surface area contributed by atoms with Crippen LogP contribution in [0.1, 0.15) is 44.7 Å². The number of amides is 1. The average molecular weight is 490 g/mol. The van der Waals surface area contributed by atoms with Crippen LogP contribution in [0.4, 0.5) is 0 Å². The Morgan fingerprint density at radius 2 is 1.89 bits per heavy atom. The van der Waals surface area contributed by atoms with Crippen LogP contribution < -0.4 is 10.1 Å². The van der Waals surface area contributed by atoms with Crippen LogP contribution in [0.2, 0.25) is 0 Å². The molecular formula is C27H27N3O4S. The summed E-state index contributed by atoms with van der Waals surface area (Å²) in [6.07, 6.45) is 2.28. The molecule has 180 valence electrons. The maximum absolute atomic E-state index is 13.1. The fourth-order valence-corrected chi connectivity index (χ4v) is 5.16. The van der Waals surface area contributed by atoms with E-state index in [1.54, 1.807) is 6.92 Å². The molecule has 1 atom stereocenters. The maximum atomic E-state index is 13.1. The Morgan fingerprint density at radius 3 is 2.63 bits per heavy atom. The number of carbonyl (C=O) groups excluding carboxylic acids is 2. The molecule has 7 nitrogen and oxygen atoms in total. The number of nitrogens with zero attached hydrogens (tertiary/aromatic N) is 2. The molecule has 1 saturated carbocycles. The van der Waals surface area contributed by atoms with Gasteiger partial charge in [0.25, 0.3) is 0 Å². The molecule has 0 bridgehead atoms. The molecule has 2 heterocycles. The zero-order valence-electron chi connectivity index (χ0n) is 19.7. The minimum absolute atomic E-state index is 0.0236. The van der Waals surface area contributed by atoms with Crippen molar-refractivity contribution in [3.05, 3.63) is 82.5 Å². The highest BCUT2D eigenvalue weighted by molar-refractivity contribution is 8.16. The third-order valence-corrected chi connectivity index (χ3v) is 6.82. The van der Waals surface area contributed by atoms with Crippen molar-refractivity contribution in [2.24, 2.45) is 4.99 Å². The fraction of sp³-hybridized carbons (Fsp3) is 0.296. The van der Waals surface area contributed by atoms with Gasteiger partial charge in [0.1, 0.15) is 11.5 Å². The van der Waals surface area contributed by atoms with E-state index in [0.717, 1.165) is 35.0 Å². The Labute approximate surface area is 208 Å². The quantitative estimate of drug-likeness (QED) is 0.508. The lowest BCUT2D eigenvalue weighted by Gasteiger charge is -2.36. The topological polar surface area (TPSA) is 80.2 Å². The van der Waals surface area contributed by atoms with Gasteiger partial charge in [-0.05, 0) is 61.9 Å². The van der Waals surface area contributed by atoms with Gasteiger partial charge in [-0.25, -0.2) is 9.79 Å². The lowest BCUT2D eigenvalue weighted by atomic mass is 9.93. The molecule has 2 aromatic carbocycles. The normalized spacial score (nSPS) is 19.0. The molecule has 8 heteroatoms. The Kier molecular flexibility index (Phi) is 6.63. The molecule has 0 saturated heterocycles. The first-order valence-corrected chi connectivity index (χ1v) is 12.6. The van der Waals surface area contributed by atoms with Gasteiger partial charge in [0.05, 0.1) is 30.3 Å². The number of thioether (sulfide) groups is 1. The van der Waals surface area contributed by atoms with Crippen molar-refractivity contribution < 1.29 is 19.1 Å². The molecule has 1 amide bonds. The summed E-state index contributed by atoms with van der Waals surface area (Å²) in [4.78, 5) is 32.5. The molecule has 2 aliphatic heterocycles. The van der Waals surface area contributed by atoms with Crippen molar-refractivity contribution in [2.45, 2.75) is 45.2 Å². The summed E-state index contributed by atoms with van der Waals surface area (Å²) in [5, 5.41) is 5.74. The van der Waals surface area contributed by atoms with Gasteiger partial charge in [-0.2, -0.15) is 0 Å². The number of para-hydroxylation sites is 1. The van der Waals surface area contributed by atoms with Gasteiger partial charge in [-0.3, -0.25) is 4.79 Å². The number of aliphatic imine (C=N–C) groups is 1. The first-order chi connectivity index (χ1) is 17.0. The van der Waals surface area contributed by atoms with Crippen LogP contribution in [0.5, 0.6) is 11.5 Å². The Hall–Kier alpha value is -3.52. The molecule has 1 aliphatic carbocycles. The third-order valence-electron chi connectivity index (χ3n) is 5.93. The number of amidine groups is 1. The van der Waals surface area contributed by atoms with E-state index in [2.05, 4.69) is 5.32 Å². The molecule has 2 aromatic rings. The molecule has 0 spiro atoms. The highest BCUT2D eigenvalue weighted by Gasteiger charge is 2.41. The van der Waals surface area contributed by atoms with Crippen molar-refractivity contribution in [1.29, 1.82) is 0 Å². The SMILES string of the molecule is CCOC(=O)C1=C(C)N=C2SC=C(CC(=O)NC3CC3)N2C1c1cccc(Oc2ccccc2)c1. The van der Waals surface area contributed by atoms with E-state index >= 15 is 0 Å². The Balaban J connectivity index is 1.51. The zero-order valence-corrected chi connectivity index (χ0v) is 20.5. The number of rotatable bonds is 8. The summed E-state index contributed by atoms with van der Waals surface area (Å²) in [5.74, 6) is 0.944. The second-order valence-corrected chi connectivity index (χ2v) is 9.46. The summed E-state index contributed by atoms with van der Waals surface area (Å²) in [6.45, 7) is 3.87. The Morgan fingerprint density at radius 1 is 1.11 bits per heavy atom. The Bertz CT molecular complexity index is 1230. The second kappa shape index (κ2) is 10.00. The summed E-state index contributed by atoms with van der Waals surface area (Å²) in [7, 11) is 0. The number of nitrogens with one attached hydrogen (secondary N) is 1. The van der Waals surface area contributed by atoms with Crippen molar-refractivity contribution in [1.82, 2.24) is 10.2 Å². The van der Waals surface area contributed by atoms with E-state index in [-0.39, 0.29) is 25.0 Å². The minimum Gasteiger partial charge on any atom is -0.463 e. The number of benzene rings is 2. The summed E-state index contributed by atoms with van der Waals surface area (Å²) in [5.41, 5.74) is 2.73. The molecule has 35 heavy (non-hydrogen) atoms.